The standard InChI is InChI=1S/C13H12INO4/c1-7(2)19-11(16)6-15-10-4-3-8(14)5-9(10)12(17)13(15)18/h3-5,7H,6H2,1-2H3. The third kappa shape index (κ3) is 2.78. The van der Waals surface area contributed by atoms with Crippen LogP contribution in [0.25, 0.3) is 0 Å². The number of esters is 1. The topological polar surface area (TPSA) is 63.7 Å². The van der Waals surface area contributed by atoms with Gasteiger partial charge in [-0.1, -0.05) is 0 Å². The molecule has 0 atom stereocenters. The highest BCUT2D eigenvalue weighted by atomic mass is 127. The van der Waals surface area contributed by atoms with Crippen LogP contribution in [0.2, 0.25) is 0 Å². The molecule has 6 heteroatoms. The average Bonchev–Trinajstić information content (AvgIpc) is 2.53. The van der Waals surface area contributed by atoms with Crippen molar-refractivity contribution >= 4 is 45.9 Å². The lowest BCUT2D eigenvalue weighted by Gasteiger charge is -2.16. The summed E-state index contributed by atoms with van der Waals surface area (Å²) in [7, 11) is 0. The highest BCUT2D eigenvalue weighted by molar-refractivity contribution is 14.1. The smallest absolute Gasteiger partial charge is 0.326 e. The third-order valence-electron chi connectivity index (χ3n) is 2.59. The maximum Gasteiger partial charge on any atom is 0.326 e. The number of fused-ring (bicyclic) bond motifs is 1. The minimum atomic E-state index is -0.683. The van der Waals surface area contributed by atoms with Crippen molar-refractivity contribution in [3.05, 3.63) is 27.3 Å². The number of carbonyl (C=O) groups excluding carboxylic acids is 3. The van der Waals surface area contributed by atoms with E-state index < -0.39 is 17.7 Å². The fourth-order valence-electron chi connectivity index (χ4n) is 1.86. The van der Waals surface area contributed by atoms with E-state index in [-0.39, 0.29) is 12.6 Å². The summed E-state index contributed by atoms with van der Waals surface area (Å²) in [6, 6.07) is 5.10. The van der Waals surface area contributed by atoms with Crippen molar-refractivity contribution in [2.24, 2.45) is 0 Å². The molecule has 0 fully saturated rings. The summed E-state index contributed by atoms with van der Waals surface area (Å²) >= 11 is 2.07. The number of anilines is 1. The Morgan fingerprint density at radius 3 is 2.68 bits per heavy atom. The van der Waals surface area contributed by atoms with Crippen molar-refractivity contribution in [2.45, 2.75) is 20.0 Å². The molecule has 0 N–H and O–H groups in total. The first-order valence-electron chi connectivity index (χ1n) is 5.75. The lowest BCUT2D eigenvalue weighted by Crippen LogP contribution is -2.36. The van der Waals surface area contributed by atoms with E-state index in [9.17, 15) is 14.4 Å². The molecule has 1 aromatic rings. The molecule has 0 aliphatic carbocycles. The molecule has 100 valence electrons. The van der Waals surface area contributed by atoms with Crippen molar-refractivity contribution in [2.75, 3.05) is 11.4 Å². The maximum absolute atomic E-state index is 11.9. The van der Waals surface area contributed by atoms with Gasteiger partial charge in [0.15, 0.2) is 0 Å². The maximum atomic E-state index is 11.9. The van der Waals surface area contributed by atoms with Crippen LogP contribution in [-0.2, 0) is 14.3 Å². The molecule has 0 bridgehead atoms. The Hall–Kier alpha value is -1.44. The van der Waals surface area contributed by atoms with Crippen LogP contribution in [0.15, 0.2) is 18.2 Å². The number of ether oxygens (including phenoxy) is 1. The summed E-state index contributed by atoms with van der Waals surface area (Å²) in [5.74, 6) is -1.79. The summed E-state index contributed by atoms with van der Waals surface area (Å²) in [6.45, 7) is 3.21. The van der Waals surface area contributed by atoms with Crippen LogP contribution in [-0.4, -0.2) is 30.3 Å². The molecule has 1 aromatic carbocycles. The second-order valence-electron chi connectivity index (χ2n) is 4.42. The number of rotatable bonds is 3. The Kier molecular flexibility index (Phi) is 3.88. The number of Topliss-reactive ketones (excluding diaryl/α,β-unsaturated/α-hetero) is 1. The van der Waals surface area contributed by atoms with Gasteiger partial charge in [-0.05, 0) is 54.6 Å². The largest absolute Gasteiger partial charge is 0.462 e. The molecule has 1 amide bonds. The second kappa shape index (κ2) is 5.28. The predicted molar refractivity (Wildman–Crippen MR) is 77.1 cm³/mol. The summed E-state index contributed by atoms with van der Waals surface area (Å²) < 4.78 is 5.85. The Bertz CT molecular complexity index is 568. The molecule has 0 saturated heterocycles. The van der Waals surface area contributed by atoms with Gasteiger partial charge in [-0.3, -0.25) is 19.3 Å². The van der Waals surface area contributed by atoms with Gasteiger partial charge in [-0.25, -0.2) is 0 Å². The van der Waals surface area contributed by atoms with E-state index >= 15 is 0 Å². The van der Waals surface area contributed by atoms with Crippen LogP contribution in [0, 0.1) is 3.57 Å². The van der Waals surface area contributed by atoms with Crippen molar-refractivity contribution in [1.82, 2.24) is 0 Å². The summed E-state index contributed by atoms with van der Waals surface area (Å²) in [4.78, 5) is 36.5. The molecular weight excluding hydrogens is 361 g/mol. The molecule has 0 saturated carbocycles. The molecule has 1 aliphatic heterocycles. The van der Waals surface area contributed by atoms with E-state index in [1.54, 1.807) is 32.0 Å². The van der Waals surface area contributed by atoms with Crippen molar-refractivity contribution in [3.63, 3.8) is 0 Å². The van der Waals surface area contributed by atoms with Gasteiger partial charge in [-0.2, -0.15) is 0 Å². The van der Waals surface area contributed by atoms with Gasteiger partial charge in [0.05, 0.1) is 17.4 Å². The Morgan fingerprint density at radius 1 is 1.37 bits per heavy atom. The van der Waals surface area contributed by atoms with Crippen LogP contribution in [0.4, 0.5) is 5.69 Å². The number of nitrogens with zero attached hydrogens (tertiary/aromatic N) is 1. The first kappa shape index (κ1) is 14.0. The summed E-state index contributed by atoms with van der Waals surface area (Å²) in [6.07, 6.45) is -0.253. The number of amides is 1. The number of halogens is 1. The molecule has 1 aliphatic rings. The van der Waals surface area contributed by atoms with Crippen LogP contribution < -0.4 is 4.90 Å². The first-order chi connectivity index (χ1) is 8.90. The Morgan fingerprint density at radius 2 is 2.05 bits per heavy atom. The SMILES string of the molecule is CC(C)OC(=O)CN1C(=O)C(=O)c2cc(I)ccc21. The van der Waals surface area contributed by atoms with Crippen LogP contribution in [0.5, 0.6) is 0 Å². The zero-order valence-electron chi connectivity index (χ0n) is 10.5. The normalized spacial score (nSPS) is 14.0. The molecular formula is C13H12INO4. The first-order valence-corrected chi connectivity index (χ1v) is 6.83. The zero-order valence-corrected chi connectivity index (χ0v) is 12.6. The number of carbonyl (C=O) groups is 3. The number of hydrogen-bond donors (Lipinski definition) is 0. The Labute approximate surface area is 124 Å². The van der Waals surface area contributed by atoms with Gasteiger partial charge in [0.2, 0.25) is 0 Å². The molecule has 0 radical (unpaired) electrons. The van der Waals surface area contributed by atoms with E-state index in [1.165, 1.54) is 4.90 Å². The van der Waals surface area contributed by atoms with E-state index in [0.29, 0.717) is 11.3 Å². The van der Waals surface area contributed by atoms with Gasteiger partial charge in [0.25, 0.3) is 11.7 Å². The molecule has 2 rings (SSSR count). The number of ketones is 1. The van der Waals surface area contributed by atoms with E-state index in [1.807, 2.05) is 0 Å². The molecule has 0 spiro atoms. The summed E-state index contributed by atoms with van der Waals surface area (Å²) in [5.41, 5.74) is 0.811. The van der Waals surface area contributed by atoms with E-state index in [4.69, 9.17) is 4.74 Å². The van der Waals surface area contributed by atoms with Crippen LogP contribution >= 0.6 is 22.6 Å². The minimum absolute atomic E-state index is 0.240. The highest BCUT2D eigenvalue weighted by Crippen LogP contribution is 2.30. The number of benzene rings is 1. The monoisotopic (exact) mass is 373 g/mol. The van der Waals surface area contributed by atoms with E-state index in [2.05, 4.69) is 22.6 Å². The predicted octanol–water partition coefficient (Wildman–Crippen LogP) is 1.77. The average molecular weight is 373 g/mol. The molecule has 1 heterocycles. The number of hydrogen-bond acceptors (Lipinski definition) is 4. The van der Waals surface area contributed by atoms with Gasteiger partial charge in [0, 0.05) is 3.57 Å². The quantitative estimate of drug-likeness (QED) is 0.460. The molecule has 19 heavy (non-hydrogen) atoms. The van der Waals surface area contributed by atoms with Crippen molar-refractivity contribution in [1.29, 1.82) is 0 Å². The van der Waals surface area contributed by atoms with Crippen LogP contribution in [0.3, 0.4) is 0 Å². The van der Waals surface area contributed by atoms with Gasteiger partial charge < -0.3 is 4.74 Å². The van der Waals surface area contributed by atoms with Gasteiger partial charge in [0.1, 0.15) is 6.54 Å². The fraction of sp³-hybridized carbons (Fsp3) is 0.308. The molecule has 0 unspecified atom stereocenters. The van der Waals surface area contributed by atoms with Crippen molar-refractivity contribution < 1.29 is 19.1 Å². The lowest BCUT2D eigenvalue weighted by molar-refractivity contribution is -0.146. The lowest BCUT2D eigenvalue weighted by atomic mass is 10.1. The Balaban J connectivity index is 2.26. The minimum Gasteiger partial charge on any atom is -0.462 e. The molecule has 5 nitrogen and oxygen atoms in total. The zero-order chi connectivity index (χ0) is 14.2. The second-order valence-corrected chi connectivity index (χ2v) is 5.67. The molecule has 0 aromatic heterocycles. The fourth-order valence-corrected chi connectivity index (χ4v) is 2.35. The third-order valence-corrected chi connectivity index (χ3v) is 3.26. The van der Waals surface area contributed by atoms with Crippen molar-refractivity contribution in [3.8, 4) is 0 Å². The van der Waals surface area contributed by atoms with E-state index in [0.717, 1.165) is 3.57 Å². The van der Waals surface area contributed by atoms with Crippen LogP contribution in [0.1, 0.15) is 24.2 Å². The van der Waals surface area contributed by atoms with Gasteiger partial charge in [-0.15, -0.1) is 0 Å². The summed E-state index contributed by atoms with van der Waals surface area (Å²) in [5, 5.41) is 0. The highest BCUT2D eigenvalue weighted by Gasteiger charge is 2.37. The van der Waals surface area contributed by atoms with Gasteiger partial charge >= 0.3 is 5.97 Å².